The van der Waals surface area contributed by atoms with Gasteiger partial charge in [-0.3, -0.25) is 9.88 Å². The summed E-state index contributed by atoms with van der Waals surface area (Å²) in [6.07, 6.45) is 4.71. The molecule has 2 heterocycles. The largest absolute Gasteiger partial charge is 0.437 e. The predicted molar refractivity (Wildman–Crippen MR) is 98.6 cm³/mol. The quantitative estimate of drug-likeness (QED) is 0.751. The van der Waals surface area contributed by atoms with Gasteiger partial charge in [0, 0.05) is 29.6 Å². The summed E-state index contributed by atoms with van der Waals surface area (Å²) in [4.78, 5) is 22.2. The number of rotatable bonds is 4. The Kier molecular flexibility index (Phi) is 4.41. The van der Waals surface area contributed by atoms with Crippen molar-refractivity contribution in [1.29, 1.82) is 0 Å². The molecule has 1 atom stereocenters. The summed E-state index contributed by atoms with van der Waals surface area (Å²) >= 11 is 5.96. The SMILES string of the molecule is O=C1NCC(c2cccc(Oc3cnccn3)c2)N1c1ccc(Cl)cc1. The Morgan fingerprint density at radius 2 is 2.00 bits per heavy atom. The minimum Gasteiger partial charge on any atom is -0.437 e. The third kappa shape index (κ3) is 3.32. The van der Waals surface area contributed by atoms with Gasteiger partial charge in [-0.15, -0.1) is 0 Å². The highest BCUT2D eigenvalue weighted by atomic mass is 35.5. The summed E-state index contributed by atoms with van der Waals surface area (Å²) in [5, 5.41) is 3.52. The zero-order valence-corrected chi connectivity index (χ0v) is 14.4. The van der Waals surface area contributed by atoms with E-state index in [9.17, 15) is 4.79 Å². The minimum atomic E-state index is -0.144. The van der Waals surface area contributed by atoms with E-state index in [1.807, 2.05) is 36.4 Å². The van der Waals surface area contributed by atoms with Crippen LogP contribution >= 0.6 is 11.6 Å². The van der Waals surface area contributed by atoms with E-state index in [0.29, 0.717) is 23.2 Å². The first kappa shape index (κ1) is 16.4. The molecule has 0 saturated carbocycles. The maximum atomic E-state index is 12.4. The summed E-state index contributed by atoms with van der Waals surface area (Å²) in [5.74, 6) is 1.05. The van der Waals surface area contributed by atoms with E-state index in [0.717, 1.165) is 11.3 Å². The van der Waals surface area contributed by atoms with Crippen molar-refractivity contribution in [1.82, 2.24) is 15.3 Å². The molecule has 0 bridgehead atoms. The van der Waals surface area contributed by atoms with Crippen LogP contribution in [0.25, 0.3) is 0 Å². The highest BCUT2D eigenvalue weighted by Gasteiger charge is 2.33. The Morgan fingerprint density at radius 1 is 1.15 bits per heavy atom. The van der Waals surface area contributed by atoms with Gasteiger partial charge >= 0.3 is 6.03 Å². The van der Waals surface area contributed by atoms with Crippen LogP contribution in [0.3, 0.4) is 0 Å². The first-order valence-corrected chi connectivity index (χ1v) is 8.45. The van der Waals surface area contributed by atoms with Crippen LogP contribution in [0.5, 0.6) is 11.6 Å². The van der Waals surface area contributed by atoms with Gasteiger partial charge in [-0.1, -0.05) is 23.7 Å². The van der Waals surface area contributed by atoms with Crippen LogP contribution in [0.4, 0.5) is 10.5 Å². The molecule has 1 saturated heterocycles. The Labute approximate surface area is 155 Å². The second kappa shape index (κ2) is 7.01. The average Bonchev–Trinajstić information content (AvgIpc) is 3.05. The fourth-order valence-electron chi connectivity index (χ4n) is 2.91. The lowest BCUT2D eigenvalue weighted by Crippen LogP contribution is -2.29. The van der Waals surface area contributed by atoms with Gasteiger partial charge in [0.15, 0.2) is 0 Å². The second-order valence-electron chi connectivity index (χ2n) is 5.77. The highest BCUT2D eigenvalue weighted by Crippen LogP contribution is 2.33. The van der Waals surface area contributed by atoms with Crippen LogP contribution < -0.4 is 15.0 Å². The van der Waals surface area contributed by atoms with Crippen molar-refractivity contribution in [3.63, 3.8) is 0 Å². The summed E-state index contributed by atoms with van der Waals surface area (Å²) in [7, 11) is 0. The lowest BCUT2D eigenvalue weighted by molar-refractivity contribution is 0.251. The number of halogens is 1. The maximum Gasteiger partial charge on any atom is 0.322 e. The van der Waals surface area contributed by atoms with E-state index in [4.69, 9.17) is 16.3 Å². The van der Waals surface area contributed by atoms with Crippen LogP contribution in [-0.2, 0) is 0 Å². The van der Waals surface area contributed by atoms with Crippen molar-refractivity contribution >= 4 is 23.3 Å². The number of nitrogens with zero attached hydrogens (tertiary/aromatic N) is 3. The molecular weight excluding hydrogens is 352 g/mol. The van der Waals surface area contributed by atoms with Crippen LogP contribution in [0.1, 0.15) is 11.6 Å². The van der Waals surface area contributed by atoms with Crippen molar-refractivity contribution in [2.45, 2.75) is 6.04 Å². The molecular formula is C19H15ClN4O2. The Balaban J connectivity index is 1.62. The number of aromatic nitrogens is 2. The van der Waals surface area contributed by atoms with E-state index < -0.39 is 0 Å². The molecule has 2 amide bonds. The van der Waals surface area contributed by atoms with Crippen LogP contribution in [0, 0.1) is 0 Å². The monoisotopic (exact) mass is 366 g/mol. The maximum absolute atomic E-state index is 12.4. The summed E-state index contributed by atoms with van der Waals surface area (Å²) in [6, 6.07) is 14.5. The van der Waals surface area contributed by atoms with Gasteiger partial charge in [0.2, 0.25) is 5.88 Å². The number of ether oxygens (including phenoxy) is 1. The lowest BCUT2D eigenvalue weighted by atomic mass is 10.1. The average molecular weight is 367 g/mol. The molecule has 6 nitrogen and oxygen atoms in total. The summed E-state index contributed by atoms with van der Waals surface area (Å²) in [6.45, 7) is 0.510. The van der Waals surface area contributed by atoms with E-state index in [1.165, 1.54) is 0 Å². The molecule has 0 spiro atoms. The Bertz CT molecular complexity index is 918. The topological polar surface area (TPSA) is 67.3 Å². The number of urea groups is 1. The molecule has 4 rings (SSSR count). The number of nitrogens with one attached hydrogen (secondary N) is 1. The van der Waals surface area contributed by atoms with Gasteiger partial charge in [0.05, 0.1) is 12.2 Å². The first-order chi connectivity index (χ1) is 12.7. The Hall–Kier alpha value is -3.12. The molecule has 0 aliphatic carbocycles. The molecule has 1 aliphatic heterocycles. The first-order valence-electron chi connectivity index (χ1n) is 8.07. The number of benzene rings is 2. The molecule has 3 aromatic rings. The number of amides is 2. The lowest BCUT2D eigenvalue weighted by Gasteiger charge is -2.24. The van der Waals surface area contributed by atoms with Crippen molar-refractivity contribution < 1.29 is 9.53 Å². The molecule has 1 fully saturated rings. The van der Waals surface area contributed by atoms with Crippen molar-refractivity contribution in [2.75, 3.05) is 11.4 Å². The molecule has 1 aliphatic rings. The number of hydrogen-bond acceptors (Lipinski definition) is 4. The van der Waals surface area contributed by atoms with Gasteiger partial charge in [0.25, 0.3) is 0 Å². The van der Waals surface area contributed by atoms with Crippen LogP contribution in [0.2, 0.25) is 5.02 Å². The highest BCUT2D eigenvalue weighted by molar-refractivity contribution is 6.30. The van der Waals surface area contributed by atoms with Gasteiger partial charge in [0.1, 0.15) is 5.75 Å². The standard InChI is InChI=1S/C19H15ClN4O2/c20-14-4-6-15(7-5-14)24-17(11-23-19(24)25)13-2-1-3-16(10-13)26-18-12-21-8-9-22-18/h1-10,12,17H,11H2,(H,23,25). The summed E-state index contributed by atoms with van der Waals surface area (Å²) in [5.41, 5.74) is 1.74. The molecule has 0 radical (unpaired) electrons. The van der Waals surface area contributed by atoms with E-state index in [2.05, 4.69) is 15.3 Å². The van der Waals surface area contributed by atoms with Gasteiger partial charge in [-0.25, -0.2) is 9.78 Å². The molecule has 2 aromatic carbocycles. The smallest absolute Gasteiger partial charge is 0.322 e. The number of anilines is 1. The van der Waals surface area contributed by atoms with Crippen LogP contribution in [0.15, 0.2) is 67.1 Å². The molecule has 1 unspecified atom stereocenters. The second-order valence-corrected chi connectivity index (χ2v) is 6.20. The predicted octanol–water partition coefficient (Wildman–Crippen LogP) is 4.19. The number of carbonyl (C=O) groups is 1. The molecule has 130 valence electrons. The third-order valence-corrected chi connectivity index (χ3v) is 4.34. The van der Waals surface area contributed by atoms with E-state index in [-0.39, 0.29) is 12.1 Å². The van der Waals surface area contributed by atoms with E-state index >= 15 is 0 Å². The van der Waals surface area contributed by atoms with E-state index in [1.54, 1.807) is 35.6 Å². The number of carbonyl (C=O) groups excluding carboxylic acids is 1. The normalized spacial score (nSPS) is 16.4. The van der Waals surface area contributed by atoms with Crippen molar-refractivity contribution in [3.8, 4) is 11.6 Å². The summed E-state index contributed by atoms with van der Waals surface area (Å²) < 4.78 is 5.75. The molecule has 1 N–H and O–H groups in total. The Morgan fingerprint density at radius 3 is 2.77 bits per heavy atom. The number of hydrogen-bond donors (Lipinski definition) is 1. The van der Waals surface area contributed by atoms with Gasteiger partial charge in [-0.2, -0.15) is 0 Å². The fraction of sp³-hybridized carbons (Fsp3) is 0.105. The molecule has 26 heavy (non-hydrogen) atoms. The zero-order valence-electron chi connectivity index (χ0n) is 13.7. The van der Waals surface area contributed by atoms with Crippen LogP contribution in [-0.4, -0.2) is 22.5 Å². The molecule has 7 heteroatoms. The third-order valence-electron chi connectivity index (χ3n) is 4.09. The van der Waals surface area contributed by atoms with Crippen molar-refractivity contribution in [3.05, 3.63) is 77.7 Å². The van der Waals surface area contributed by atoms with Crippen molar-refractivity contribution in [2.24, 2.45) is 0 Å². The fourth-order valence-corrected chi connectivity index (χ4v) is 3.04. The van der Waals surface area contributed by atoms with Gasteiger partial charge in [-0.05, 0) is 42.0 Å². The van der Waals surface area contributed by atoms with Gasteiger partial charge < -0.3 is 10.1 Å². The zero-order chi connectivity index (χ0) is 17.9. The molecule has 1 aromatic heterocycles. The minimum absolute atomic E-state index is 0.141.